The van der Waals surface area contributed by atoms with Gasteiger partial charge < -0.3 is 14.4 Å². The Labute approximate surface area is 156 Å². The van der Waals surface area contributed by atoms with Crippen molar-refractivity contribution in [1.29, 1.82) is 0 Å². The van der Waals surface area contributed by atoms with Crippen LogP contribution in [0, 0.1) is 11.3 Å². The predicted octanol–water partition coefficient (Wildman–Crippen LogP) is 3.06. The maximum absolute atomic E-state index is 12.4. The minimum atomic E-state index is -0.147. The highest BCUT2D eigenvalue weighted by atomic mass is 35.5. The number of hydrogen-bond acceptors (Lipinski definition) is 4. The standard InChI is InChI=1S/C18H19Cl2NO4/c19-14-2-1-11(3-15(14)20)7-24-13-4-12(5-13)17(23)21-8-18(9-21)6-16(22)25-10-18/h1-3,12-13H,4-10H2. The highest BCUT2D eigenvalue weighted by Crippen LogP contribution is 2.42. The number of likely N-dealkylation sites (tertiary alicyclic amines) is 1. The molecular weight excluding hydrogens is 365 g/mol. The number of carbonyl (C=O) groups excluding carboxylic acids is 2. The van der Waals surface area contributed by atoms with E-state index in [4.69, 9.17) is 32.7 Å². The van der Waals surface area contributed by atoms with E-state index < -0.39 is 0 Å². The highest BCUT2D eigenvalue weighted by molar-refractivity contribution is 6.42. The van der Waals surface area contributed by atoms with E-state index in [0.29, 0.717) is 42.8 Å². The lowest BCUT2D eigenvalue weighted by Crippen LogP contribution is -2.61. The largest absolute Gasteiger partial charge is 0.465 e. The monoisotopic (exact) mass is 383 g/mol. The van der Waals surface area contributed by atoms with Crippen LogP contribution in [-0.2, 0) is 25.7 Å². The van der Waals surface area contributed by atoms with Crippen LogP contribution >= 0.6 is 23.2 Å². The van der Waals surface area contributed by atoms with Gasteiger partial charge in [0.15, 0.2) is 0 Å². The van der Waals surface area contributed by atoms with Gasteiger partial charge >= 0.3 is 5.97 Å². The molecule has 1 aliphatic carbocycles. The molecule has 0 atom stereocenters. The van der Waals surface area contributed by atoms with Crippen LogP contribution in [0.1, 0.15) is 24.8 Å². The van der Waals surface area contributed by atoms with Crippen molar-refractivity contribution in [3.8, 4) is 0 Å². The van der Waals surface area contributed by atoms with Gasteiger partial charge in [-0.3, -0.25) is 9.59 Å². The zero-order valence-electron chi connectivity index (χ0n) is 13.7. The Kier molecular flexibility index (Phi) is 4.42. The molecule has 1 aromatic rings. The molecule has 1 amide bonds. The van der Waals surface area contributed by atoms with E-state index in [1.54, 1.807) is 12.1 Å². The third kappa shape index (κ3) is 3.37. The maximum Gasteiger partial charge on any atom is 0.306 e. The summed E-state index contributed by atoms with van der Waals surface area (Å²) >= 11 is 11.9. The van der Waals surface area contributed by atoms with Crippen molar-refractivity contribution < 1.29 is 19.1 Å². The number of hydrogen-bond donors (Lipinski definition) is 0. The number of amides is 1. The summed E-state index contributed by atoms with van der Waals surface area (Å²) in [5.41, 5.74) is 0.861. The molecule has 0 radical (unpaired) electrons. The van der Waals surface area contributed by atoms with Gasteiger partial charge in [-0.05, 0) is 30.5 Å². The fourth-order valence-electron chi connectivity index (χ4n) is 3.77. The fourth-order valence-corrected chi connectivity index (χ4v) is 4.09. The molecule has 0 bridgehead atoms. The third-order valence-electron chi connectivity index (χ3n) is 5.34. The number of cyclic esters (lactones) is 1. The molecule has 1 aromatic carbocycles. The summed E-state index contributed by atoms with van der Waals surface area (Å²) in [7, 11) is 0. The number of carbonyl (C=O) groups is 2. The highest BCUT2D eigenvalue weighted by Gasteiger charge is 2.53. The maximum atomic E-state index is 12.4. The zero-order valence-corrected chi connectivity index (χ0v) is 15.2. The molecule has 0 N–H and O–H groups in total. The van der Waals surface area contributed by atoms with Crippen LogP contribution in [0.5, 0.6) is 0 Å². The molecule has 1 saturated carbocycles. The molecule has 0 aromatic heterocycles. The van der Waals surface area contributed by atoms with Gasteiger partial charge in [0.2, 0.25) is 5.91 Å². The molecule has 2 aliphatic heterocycles. The second kappa shape index (κ2) is 6.45. The van der Waals surface area contributed by atoms with E-state index in [-0.39, 0.29) is 29.3 Å². The van der Waals surface area contributed by atoms with Crippen LogP contribution < -0.4 is 0 Å². The average Bonchev–Trinajstić information content (AvgIpc) is 2.90. The van der Waals surface area contributed by atoms with Gasteiger partial charge in [0.1, 0.15) is 6.61 Å². The van der Waals surface area contributed by atoms with Crippen LogP contribution in [0.2, 0.25) is 10.0 Å². The third-order valence-corrected chi connectivity index (χ3v) is 6.08. The number of benzene rings is 1. The lowest BCUT2D eigenvalue weighted by Gasteiger charge is -2.49. The number of nitrogens with zero attached hydrogens (tertiary/aromatic N) is 1. The summed E-state index contributed by atoms with van der Waals surface area (Å²) in [4.78, 5) is 25.5. The molecule has 2 saturated heterocycles. The number of esters is 1. The van der Waals surface area contributed by atoms with E-state index in [0.717, 1.165) is 18.4 Å². The Morgan fingerprint density at radius 3 is 2.68 bits per heavy atom. The van der Waals surface area contributed by atoms with Crippen LogP contribution in [0.25, 0.3) is 0 Å². The van der Waals surface area contributed by atoms with Gasteiger partial charge in [-0.25, -0.2) is 0 Å². The van der Waals surface area contributed by atoms with Crippen molar-refractivity contribution in [3.63, 3.8) is 0 Å². The summed E-state index contributed by atoms with van der Waals surface area (Å²) in [6.07, 6.45) is 2.05. The van der Waals surface area contributed by atoms with Gasteiger partial charge in [0.25, 0.3) is 0 Å². The first kappa shape index (κ1) is 17.1. The second-order valence-electron chi connectivity index (χ2n) is 7.38. The fraction of sp³-hybridized carbons (Fsp3) is 0.556. The van der Waals surface area contributed by atoms with Gasteiger partial charge in [-0.2, -0.15) is 0 Å². The van der Waals surface area contributed by atoms with E-state index in [9.17, 15) is 9.59 Å². The molecule has 134 valence electrons. The van der Waals surface area contributed by atoms with Crippen molar-refractivity contribution in [3.05, 3.63) is 33.8 Å². The molecule has 3 aliphatic rings. The SMILES string of the molecule is O=C1CC2(CO1)CN(C(=O)C1CC(OCc3ccc(Cl)c(Cl)c3)C1)C2. The molecule has 3 fully saturated rings. The summed E-state index contributed by atoms with van der Waals surface area (Å²) in [5.74, 6) is 0.0695. The van der Waals surface area contributed by atoms with Crippen LogP contribution in [0.4, 0.5) is 0 Å². The van der Waals surface area contributed by atoms with E-state index in [2.05, 4.69) is 0 Å². The minimum Gasteiger partial charge on any atom is -0.465 e. The quantitative estimate of drug-likeness (QED) is 0.749. The zero-order chi connectivity index (χ0) is 17.6. The Morgan fingerprint density at radius 2 is 2.04 bits per heavy atom. The van der Waals surface area contributed by atoms with E-state index in [1.807, 2.05) is 11.0 Å². The summed E-state index contributed by atoms with van der Waals surface area (Å²) in [6, 6.07) is 5.45. The van der Waals surface area contributed by atoms with Crippen LogP contribution in [-0.4, -0.2) is 42.6 Å². The molecule has 2 heterocycles. The summed E-state index contributed by atoms with van der Waals surface area (Å²) in [5, 5.41) is 1.05. The molecule has 0 unspecified atom stereocenters. The van der Waals surface area contributed by atoms with Crippen LogP contribution in [0.15, 0.2) is 18.2 Å². The Hall–Kier alpha value is -1.30. The Bertz CT molecular complexity index is 711. The molecular formula is C18H19Cl2NO4. The molecule has 1 spiro atoms. The van der Waals surface area contributed by atoms with Crippen molar-refractivity contribution in [2.45, 2.75) is 32.0 Å². The molecule has 25 heavy (non-hydrogen) atoms. The van der Waals surface area contributed by atoms with Crippen molar-refractivity contribution in [1.82, 2.24) is 4.90 Å². The number of rotatable bonds is 4. The Balaban J connectivity index is 1.20. The lowest BCUT2D eigenvalue weighted by atomic mass is 9.75. The first-order valence-corrected chi connectivity index (χ1v) is 9.20. The normalized spacial score (nSPS) is 27.0. The number of halogens is 2. The first-order chi connectivity index (χ1) is 11.9. The van der Waals surface area contributed by atoms with Crippen LogP contribution in [0.3, 0.4) is 0 Å². The van der Waals surface area contributed by atoms with E-state index >= 15 is 0 Å². The average molecular weight is 384 g/mol. The smallest absolute Gasteiger partial charge is 0.306 e. The molecule has 5 nitrogen and oxygen atoms in total. The summed E-state index contributed by atoms with van der Waals surface area (Å²) < 4.78 is 10.9. The second-order valence-corrected chi connectivity index (χ2v) is 8.20. The van der Waals surface area contributed by atoms with Gasteiger partial charge in [0.05, 0.1) is 34.6 Å². The van der Waals surface area contributed by atoms with Crippen molar-refractivity contribution in [2.24, 2.45) is 11.3 Å². The van der Waals surface area contributed by atoms with Gasteiger partial charge in [0, 0.05) is 19.0 Å². The minimum absolute atomic E-state index is 0.0363. The molecule has 7 heteroatoms. The van der Waals surface area contributed by atoms with Gasteiger partial charge in [-0.15, -0.1) is 0 Å². The van der Waals surface area contributed by atoms with Gasteiger partial charge in [-0.1, -0.05) is 29.3 Å². The summed E-state index contributed by atoms with van der Waals surface area (Å²) in [6.45, 7) is 2.20. The Morgan fingerprint density at radius 1 is 1.28 bits per heavy atom. The van der Waals surface area contributed by atoms with Crippen molar-refractivity contribution >= 4 is 35.1 Å². The predicted molar refractivity (Wildman–Crippen MR) is 92.4 cm³/mol. The number of ether oxygens (including phenoxy) is 2. The lowest BCUT2D eigenvalue weighted by molar-refractivity contribution is -0.157. The first-order valence-electron chi connectivity index (χ1n) is 8.44. The van der Waals surface area contributed by atoms with Crippen molar-refractivity contribution in [2.75, 3.05) is 19.7 Å². The topological polar surface area (TPSA) is 55.8 Å². The van der Waals surface area contributed by atoms with E-state index in [1.165, 1.54) is 0 Å². The molecule has 4 rings (SSSR count).